The Hall–Kier alpha value is -2.80. The lowest BCUT2D eigenvalue weighted by atomic mass is 10.1. The Morgan fingerprint density at radius 2 is 1.45 bits per heavy atom. The van der Waals surface area contributed by atoms with Crippen LogP contribution in [0.3, 0.4) is 0 Å². The SMILES string of the molecule is COc1cc(C(=O)Oc2ccc(C(=S)N3CCCCC3)cc2)cc(OC)c1OC. The fourth-order valence-corrected chi connectivity index (χ4v) is 3.63. The number of methoxy groups -OCH3 is 3. The van der Waals surface area contributed by atoms with Gasteiger partial charge in [0.05, 0.1) is 26.9 Å². The second-order valence-corrected chi connectivity index (χ2v) is 7.07. The van der Waals surface area contributed by atoms with E-state index in [1.165, 1.54) is 40.6 Å². The minimum absolute atomic E-state index is 0.299. The second-order valence-electron chi connectivity index (χ2n) is 6.68. The molecule has 6 nitrogen and oxygen atoms in total. The number of hydrogen-bond donors (Lipinski definition) is 0. The molecule has 7 heteroatoms. The van der Waals surface area contributed by atoms with Crippen LogP contribution in [0, 0.1) is 0 Å². The van der Waals surface area contributed by atoms with Crippen LogP contribution in [0.2, 0.25) is 0 Å². The smallest absolute Gasteiger partial charge is 0.343 e. The van der Waals surface area contributed by atoms with Crippen molar-refractivity contribution in [2.75, 3.05) is 34.4 Å². The molecular weight excluding hydrogens is 390 g/mol. The summed E-state index contributed by atoms with van der Waals surface area (Å²) in [5.41, 5.74) is 1.25. The number of hydrogen-bond acceptors (Lipinski definition) is 6. The number of nitrogens with zero attached hydrogens (tertiary/aromatic N) is 1. The van der Waals surface area contributed by atoms with Crippen molar-refractivity contribution in [1.29, 1.82) is 0 Å². The summed E-state index contributed by atoms with van der Waals surface area (Å²) in [7, 11) is 4.50. The fourth-order valence-electron chi connectivity index (χ4n) is 3.31. The van der Waals surface area contributed by atoms with Crippen molar-refractivity contribution in [2.45, 2.75) is 19.3 Å². The summed E-state index contributed by atoms with van der Waals surface area (Å²) >= 11 is 5.61. The number of carbonyl (C=O) groups is 1. The van der Waals surface area contributed by atoms with Gasteiger partial charge in [-0.05, 0) is 55.7 Å². The van der Waals surface area contributed by atoms with Gasteiger partial charge in [0.1, 0.15) is 10.7 Å². The van der Waals surface area contributed by atoms with Crippen molar-refractivity contribution in [3.05, 3.63) is 47.5 Å². The molecule has 0 aliphatic carbocycles. The summed E-state index contributed by atoms with van der Waals surface area (Å²) in [6.45, 7) is 1.99. The summed E-state index contributed by atoms with van der Waals surface area (Å²) in [5.74, 6) is 1.12. The molecule has 1 fully saturated rings. The Labute approximate surface area is 176 Å². The van der Waals surface area contributed by atoms with Gasteiger partial charge in [0, 0.05) is 18.7 Å². The number of ether oxygens (including phenoxy) is 4. The van der Waals surface area contributed by atoms with Crippen LogP contribution in [-0.4, -0.2) is 50.3 Å². The van der Waals surface area contributed by atoms with E-state index in [4.69, 9.17) is 31.2 Å². The Morgan fingerprint density at radius 3 is 1.97 bits per heavy atom. The van der Waals surface area contributed by atoms with E-state index in [1.54, 1.807) is 24.3 Å². The largest absolute Gasteiger partial charge is 0.493 e. The number of esters is 1. The Bertz CT molecular complexity index is 850. The van der Waals surface area contributed by atoms with Gasteiger partial charge in [-0.2, -0.15) is 0 Å². The molecule has 0 aromatic heterocycles. The quantitative estimate of drug-likeness (QED) is 0.400. The summed E-state index contributed by atoms with van der Waals surface area (Å²) in [4.78, 5) is 15.7. The molecule has 2 aromatic rings. The molecule has 0 amide bonds. The molecule has 1 saturated heterocycles. The van der Waals surface area contributed by atoms with Crippen molar-refractivity contribution in [1.82, 2.24) is 4.90 Å². The van der Waals surface area contributed by atoms with Gasteiger partial charge in [0.15, 0.2) is 11.5 Å². The van der Waals surface area contributed by atoms with Crippen molar-refractivity contribution in [3.63, 3.8) is 0 Å². The van der Waals surface area contributed by atoms with E-state index >= 15 is 0 Å². The highest BCUT2D eigenvalue weighted by Gasteiger charge is 2.19. The highest BCUT2D eigenvalue weighted by molar-refractivity contribution is 7.80. The van der Waals surface area contributed by atoms with Gasteiger partial charge >= 0.3 is 5.97 Å². The third-order valence-corrected chi connectivity index (χ3v) is 5.35. The second kappa shape index (κ2) is 9.60. The third kappa shape index (κ3) is 4.79. The van der Waals surface area contributed by atoms with Gasteiger partial charge in [-0.15, -0.1) is 0 Å². The highest BCUT2D eigenvalue weighted by atomic mass is 32.1. The van der Waals surface area contributed by atoms with E-state index in [-0.39, 0.29) is 0 Å². The number of carbonyl (C=O) groups excluding carboxylic acids is 1. The molecule has 0 spiro atoms. The van der Waals surface area contributed by atoms with Crippen LogP contribution in [0.4, 0.5) is 0 Å². The molecule has 0 N–H and O–H groups in total. The highest BCUT2D eigenvalue weighted by Crippen LogP contribution is 2.38. The van der Waals surface area contributed by atoms with Crippen LogP contribution >= 0.6 is 12.2 Å². The van der Waals surface area contributed by atoms with Crippen molar-refractivity contribution in [3.8, 4) is 23.0 Å². The van der Waals surface area contributed by atoms with E-state index in [0.717, 1.165) is 23.6 Å². The standard InChI is InChI=1S/C22H25NO5S/c1-25-18-13-16(14-19(26-2)20(18)27-3)22(24)28-17-9-7-15(8-10-17)21(29)23-11-5-4-6-12-23/h7-10,13-14H,4-6,11-12H2,1-3H3. The molecule has 29 heavy (non-hydrogen) atoms. The predicted molar refractivity (Wildman–Crippen MR) is 115 cm³/mol. The summed E-state index contributed by atoms with van der Waals surface area (Å²) in [6, 6.07) is 10.4. The normalized spacial score (nSPS) is 13.6. The lowest BCUT2D eigenvalue weighted by Gasteiger charge is -2.29. The number of likely N-dealkylation sites (tertiary alicyclic amines) is 1. The molecule has 0 radical (unpaired) electrons. The summed E-state index contributed by atoms with van der Waals surface area (Å²) in [6.07, 6.45) is 3.60. The molecular formula is C22H25NO5S. The maximum Gasteiger partial charge on any atom is 0.343 e. The topological polar surface area (TPSA) is 57.2 Å². The number of benzene rings is 2. The van der Waals surface area contributed by atoms with Crippen molar-refractivity contribution >= 4 is 23.2 Å². The van der Waals surface area contributed by atoms with Crippen molar-refractivity contribution in [2.24, 2.45) is 0 Å². The van der Waals surface area contributed by atoms with Crippen LogP contribution in [0.15, 0.2) is 36.4 Å². The monoisotopic (exact) mass is 415 g/mol. The summed E-state index contributed by atoms with van der Waals surface area (Å²) < 4.78 is 21.4. The number of rotatable bonds is 6. The van der Waals surface area contributed by atoms with E-state index in [9.17, 15) is 4.79 Å². The van der Waals surface area contributed by atoms with Gasteiger partial charge in [0.25, 0.3) is 0 Å². The Morgan fingerprint density at radius 1 is 0.862 bits per heavy atom. The minimum atomic E-state index is -0.518. The molecule has 0 saturated carbocycles. The van der Waals surface area contributed by atoms with E-state index in [1.807, 2.05) is 12.1 Å². The predicted octanol–water partition coefficient (Wildman–Crippen LogP) is 4.09. The van der Waals surface area contributed by atoms with Crippen LogP contribution in [0.25, 0.3) is 0 Å². The van der Waals surface area contributed by atoms with Crippen LogP contribution in [0.5, 0.6) is 23.0 Å². The van der Waals surface area contributed by atoms with Crippen LogP contribution in [0.1, 0.15) is 35.2 Å². The third-order valence-electron chi connectivity index (χ3n) is 4.86. The van der Waals surface area contributed by atoms with E-state index in [2.05, 4.69) is 4.90 Å². The first-order chi connectivity index (χ1) is 14.1. The maximum atomic E-state index is 12.6. The van der Waals surface area contributed by atoms with Gasteiger partial charge in [-0.1, -0.05) is 12.2 Å². The van der Waals surface area contributed by atoms with Crippen LogP contribution < -0.4 is 18.9 Å². The van der Waals surface area contributed by atoms with Gasteiger partial charge in [-0.3, -0.25) is 0 Å². The zero-order chi connectivity index (χ0) is 20.8. The first kappa shape index (κ1) is 20.9. The lowest BCUT2D eigenvalue weighted by molar-refractivity contribution is 0.0734. The maximum absolute atomic E-state index is 12.6. The first-order valence-electron chi connectivity index (χ1n) is 9.49. The molecule has 1 aliphatic heterocycles. The van der Waals surface area contributed by atoms with Crippen molar-refractivity contribution < 1.29 is 23.7 Å². The van der Waals surface area contributed by atoms with Gasteiger partial charge in [-0.25, -0.2) is 4.79 Å². The Balaban J connectivity index is 1.73. The molecule has 1 aliphatic rings. The average Bonchev–Trinajstić information content (AvgIpc) is 2.78. The lowest BCUT2D eigenvalue weighted by Crippen LogP contribution is -2.34. The van der Waals surface area contributed by atoms with Gasteiger partial charge in [0.2, 0.25) is 5.75 Å². The fraction of sp³-hybridized carbons (Fsp3) is 0.364. The zero-order valence-corrected chi connectivity index (χ0v) is 17.7. The zero-order valence-electron chi connectivity index (χ0n) is 16.9. The Kier molecular flexibility index (Phi) is 6.93. The molecule has 3 rings (SSSR count). The average molecular weight is 416 g/mol. The number of thiocarbonyl (C=S) groups is 1. The van der Waals surface area contributed by atoms with Crippen LogP contribution in [-0.2, 0) is 0 Å². The summed E-state index contributed by atoms with van der Waals surface area (Å²) in [5, 5.41) is 0. The minimum Gasteiger partial charge on any atom is -0.493 e. The molecule has 1 heterocycles. The molecule has 154 valence electrons. The number of piperidine rings is 1. The van der Waals surface area contributed by atoms with E-state index < -0.39 is 5.97 Å². The first-order valence-corrected chi connectivity index (χ1v) is 9.89. The molecule has 0 bridgehead atoms. The van der Waals surface area contributed by atoms with Gasteiger partial charge < -0.3 is 23.8 Å². The molecule has 2 aromatic carbocycles. The molecule has 0 atom stereocenters. The molecule has 0 unspecified atom stereocenters. The van der Waals surface area contributed by atoms with E-state index in [0.29, 0.717) is 28.6 Å².